The Labute approximate surface area is 130 Å². The Morgan fingerprint density at radius 3 is 2.71 bits per heavy atom. The number of ether oxygens (including phenoxy) is 1. The van der Waals surface area contributed by atoms with Crippen LogP contribution in [0.5, 0.6) is 5.75 Å². The Morgan fingerprint density at radius 2 is 2.00 bits per heavy atom. The second-order valence-electron chi connectivity index (χ2n) is 4.59. The van der Waals surface area contributed by atoms with E-state index < -0.39 is 0 Å². The number of hydrogen-bond acceptors (Lipinski definition) is 3. The highest BCUT2D eigenvalue weighted by molar-refractivity contribution is 9.10. The maximum atomic E-state index is 12.1. The molecule has 6 heteroatoms. The highest BCUT2D eigenvalue weighted by Gasteiger charge is 2.05. The highest BCUT2D eigenvalue weighted by Crippen LogP contribution is 2.17. The van der Waals surface area contributed by atoms with Crippen LogP contribution in [0, 0.1) is 0 Å². The number of rotatable bonds is 6. The highest BCUT2D eigenvalue weighted by atomic mass is 79.9. The molecule has 0 unspecified atom stereocenters. The lowest BCUT2D eigenvalue weighted by Gasteiger charge is -2.10. The van der Waals surface area contributed by atoms with Gasteiger partial charge >= 0.3 is 5.69 Å². The molecule has 0 saturated carbocycles. The molecule has 0 bridgehead atoms. The first-order chi connectivity index (χ1) is 10.1. The second-order valence-corrected chi connectivity index (χ2v) is 5.50. The van der Waals surface area contributed by atoms with Crippen molar-refractivity contribution >= 4 is 15.9 Å². The number of halogens is 1. The molecular weight excluding hydrogens is 336 g/mol. The molecular formula is C15H17BrN2O3. The number of benzene rings is 1. The Kier molecular flexibility index (Phi) is 5.38. The average molecular weight is 353 g/mol. The number of aryl methyl sites for hydroxylation is 1. The summed E-state index contributed by atoms with van der Waals surface area (Å²) < 4.78 is 9.23. The minimum absolute atomic E-state index is 0.231. The van der Waals surface area contributed by atoms with Crippen LogP contribution >= 0.6 is 15.9 Å². The van der Waals surface area contributed by atoms with Crippen LogP contribution in [0.3, 0.4) is 0 Å². The fourth-order valence-electron chi connectivity index (χ4n) is 1.99. The first kappa shape index (κ1) is 15.6. The molecule has 112 valence electrons. The van der Waals surface area contributed by atoms with E-state index in [1.54, 1.807) is 10.8 Å². The van der Waals surface area contributed by atoms with Gasteiger partial charge in [-0.3, -0.25) is 9.36 Å². The molecule has 1 aromatic carbocycles. The molecule has 0 atom stereocenters. The van der Waals surface area contributed by atoms with Gasteiger partial charge in [-0.1, -0.05) is 28.9 Å². The molecule has 1 heterocycles. The van der Waals surface area contributed by atoms with Gasteiger partial charge in [0, 0.05) is 23.3 Å². The fraction of sp³-hybridized carbons (Fsp3) is 0.333. The van der Waals surface area contributed by atoms with Gasteiger partial charge in [0.2, 0.25) is 0 Å². The third-order valence-corrected chi connectivity index (χ3v) is 3.48. The van der Waals surface area contributed by atoms with Crippen LogP contribution in [0.2, 0.25) is 0 Å². The van der Waals surface area contributed by atoms with Gasteiger partial charge in [0.05, 0.1) is 6.54 Å². The molecule has 2 rings (SSSR count). The zero-order valence-corrected chi connectivity index (χ0v) is 13.4. The van der Waals surface area contributed by atoms with Gasteiger partial charge in [0.1, 0.15) is 12.4 Å². The van der Waals surface area contributed by atoms with Crippen LogP contribution in [0.4, 0.5) is 0 Å². The van der Waals surface area contributed by atoms with Crippen molar-refractivity contribution in [1.82, 2.24) is 9.13 Å². The van der Waals surface area contributed by atoms with Gasteiger partial charge in [-0.15, -0.1) is 0 Å². The first-order valence-corrected chi connectivity index (χ1v) is 7.59. The number of nitrogens with zero attached hydrogens (tertiary/aromatic N) is 2. The number of aromatic nitrogens is 2. The molecule has 0 saturated heterocycles. The Bertz CT molecular complexity index is 721. The van der Waals surface area contributed by atoms with Crippen molar-refractivity contribution in [2.24, 2.45) is 0 Å². The Morgan fingerprint density at radius 1 is 1.19 bits per heavy atom. The summed E-state index contributed by atoms with van der Waals surface area (Å²) >= 11 is 3.36. The SMILES string of the molecule is CCCn1ccc(=O)n(CCOc2cccc(Br)c2)c1=O. The van der Waals surface area contributed by atoms with E-state index in [9.17, 15) is 9.59 Å². The monoisotopic (exact) mass is 352 g/mol. The minimum Gasteiger partial charge on any atom is -0.492 e. The van der Waals surface area contributed by atoms with E-state index in [0.717, 1.165) is 10.9 Å². The van der Waals surface area contributed by atoms with Gasteiger partial charge in [0.15, 0.2) is 0 Å². The maximum absolute atomic E-state index is 12.1. The van der Waals surface area contributed by atoms with Crippen molar-refractivity contribution in [1.29, 1.82) is 0 Å². The van der Waals surface area contributed by atoms with Crippen LogP contribution in [-0.4, -0.2) is 15.7 Å². The van der Waals surface area contributed by atoms with E-state index in [1.165, 1.54) is 10.6 Å². The largest absolute Gasteiger partial charge is 0.492 e. The van der Waals surface area contributed by atoms with E-state index in [-0.39, 0.29) is 24.4 Å². The zero-order valence-electron chi connectivity index (χ0n) is 11.8. The molecule has 0 amide bonds. The molecule has 0 aliphatic heterocycles. The predicted octanol–water partition coefficient (Wildman–Crippen LogP) is 2.26. The van der Waals surface area contributed by atoms with Crippen molar-refractivity contribution in [3.8, 4) is 5.75 Å². The Balaban J connectivity index is 2.08. The lowest BCUT2D eigenvalue weighted by molar-refractivity contribution is 0.291. The third-order valence-electron chi connectivity index (χ3n) is 2.98. The molecule has 2 aromatic rings. The van der Waals surface area contributed by atoms with Crippen molar-refractivity contribution in [2.45, 2.75) is 26.4 Å². The van der Waals surface area contributed by atoms with Crippen LogP contribution in [0.1, 0.15) is 13.3 Å². The van der Waals surface area contributed by atoms with Crippen LogP contribution in [0.25, 0.3) is 0 Å². The van der Waals surface area contributed by atoms with Crippen molar-refractivity contribution in [3.05, 3.63) is 61.8 Å². The fourth-order valence-corrected chi connectivity index (χ4v) is 2.36. The summed E-state index contributed by atoms with van der Waals surface area (Å²) in [5.74, 6) is 0.697. The van der Waals surface area contributed by atoms with Gasteiger partial charge in [0.25, 0.3) is 5.56 Å². The summed E-state index contributed by atoms with van der Waals surface area (Å²) in [6, 6.07) is 8.84. The molecule has 0 N–H and O–H groups in total. The average Bonchev–Trinajstić information content (AvgIpc) is 2.46. The summed E-state index contributed by atoms with van der Waals surface area (Å²) in [7, 11) is 0. The van der Waals surface area contributed by atoms with Gasteiger partial charge < -0.3 is 9.30 Å². The Hall–Kier alpha value is -1.82. The smallest absolute Gasteiger partial charge is 0.331 e. The molecule has 0 radical (unpaired) electrons. The molecule has 0 aliphatic rings. The zero-order chi connectivity index (χ0) is 15.2. The van der Waals surface area contributed by atoms with E-state index in [0.29, 0.717) is 12.3 Å². The topological polar surface area (TPSA) is 53.2 Å². The molecule has 21 heavy (non-hydrogen) atoms. The molecule has 5 nitrogen and oxygen atoms in total. The van der Waals surface area contributed by atoms with Crippen LogP contribution < -0.4 is 16.0 Å². The van der Waals surface area contributed by atoms with Gasteiger partial charge in [-0.05, 0) is 24.6 Å². The van der Waals surface area contributed by atoms with Gasteiger partial charge in [-0.2, -0.15) is 0 Å². The number of hydrogen-bond donors (Lipinski definition) is 0. The second kappa shape index (κ2) is 7.26. The molecule has 0 spiro atoms. The summed E-state index contributed by atoms with van der Waals surface area (Å²) in [4.78, 5) is 23.9. The maximum Gasteiger partial charge on any atom is 0.331 e. The molecule has 0 aliphatic carbocycles. The summed E-state index contributed by atoms with van der Waals surface area (Å²) in [5, 5.41) is 0. The van der Waals surface area contributed by atoms with Crippen LogP contribution in [0.15, 0.2) is 50.6 Å². The van der Waals surface area contributed by atoms with E-state index in [4.69, 9.17) is 4.74 Å². The molecule has 0 fully saturated rings. The lowest BCUT2D eigenvalue weighted by atomic mass is 10.3. The van der Waals surface area contributed by atoms with E-state index in [1.807, 2.05) is 31.2 Å². The van der Waals surface area contributed by atoms with Gasteiger partial charge in [-0.25, -0.2) is 4.79 Å². The summed E-state index contributed by atoms with van der Waals surface area (Å²) in [5.41, 5.74) is -0.590. The van der Waals surface area contributed by atoms with Crippen molar-refractivity contribution in [2.75, 3.05) is 6.61 Å². The van der Waals surface area contributed by atoms with E-state index in [2.05, 4.69) is 15.9 Å². The van der Waals surface area contributed by atoms with E-state index >= 15 is 0 Å². The standard InChI is InChI=1S/C15H17BrN2O3/c1-2-7-17-8-6-14(19)18(15(17)20)9-10-21-13-5-3-4-12(16)11-13/h3-6,8,11H,2,7,9-10H2,1H3. The summed E-state index contributed by atoms with van der Waals surface area (Å²) in [6.07, 6.45) is 2.38. The van der Waals surface area contributed by atoms with Crippen molar-refractivity contribution in [3.63, 3.8) is 0 Å². The minimum atomic E-state index is -0.301. The first-order valence-electron chi connectivity index (χ1n) is 6.80. The normalized spacial score (nSPS) is 10.6. The van der Waals surface area contributed by atoms with Crippen LogP contribution in [-0.2, 0) is 13.1 Å². The predicted molar refractivity (Wildman–Crippen MR) is 84.9 cm³/mol. The molecule has 1 aromatic heterocycles. The summed E-state index contributed by atoms with van der Waals surface area (Å²) in [6.45, 7) is 3.08. The third kappa shape index (κ3) is 4.07. The lowest BCUT2D eigenvalue weighted by Crippen LogP contribution is -2.40. The quantitative estimate of drug-likeness (QED) is 0.801. The van der Waals surface area contributed by atoms with Crippen molar-refractivity contribution < 1.29 is 4.74 Å².